The molecule has 0 atom stereocenters. The zero-order valence-electron chi connectivity index (χ0n) is 31.9. The van der Waals surface area contributed by atoms with E-state index in [0.717, 1.165) is 50.1 Å². The molecular formula is C55H39NO. The summed E-state index contributed by atoms with van der Waals surface area (Å²) in [7, 11) is 0. The van der Waals surface area contributed by atoms with Gasteiger partial charge in [-0.2, -0.15) is 0 Å². The van der Waals surface area contributed by atoms with Gasteiger partial charge < -0.3 is 9.32 Å². The molecule has 0 bridgehead atoms. The highest BCUT2D eigenvalue weighted by Crippen LogP contribution is 2.51. The summed E-state index contributed by atoms with van der Waals surface area (Å²) in [4.78, 5) is 2.39. The molecule has 270 valence electrons. The summed E-state index contributed by atoms with van der Waals surface area (Å²) in [5.41, 5.74) is 17.5. The van der Waals surface area contributed by atoms with Gasteiger partial charge in [0.05, 0.1) is 0 Å². The Hall–Kier alpha value is -7.16. The van der Waals surface area contributed by atoms with Gasteiger partial charge in [-0.05, 0) is 103 Å². The van der Waals surface area contributed by atoms with E-state index in [0.29, 0.717) is 0 Å². The van der Waals surface area contributed by atoms with Crippen molar-refractivity contribution in [1.29, 1.82) is 0 Å². The van der Waals surface area contributed by atoms with Gasteiger partial charge in [0.15, 0.2) is 0 Å². The van der Waals surface area contributed by atoms with Gasteiger partial charge in [0.25, 0.3) is 0 Å². The zero-order valence-corrected chi connectivity index (χ0v) is 31.9. The van der Waals surface area contributed by atoms with Crippen LogP contribution in [-0.2, 0) is 5.41 Å². The van der Waals surface area contributed by atoms with Gasteiger partial charge in [0, 0.05) is 38.8 Å². The molecule has 9 aromatic carbocycles. The average Bonchev–Trinajstić information content (AvgIpc) is 3.76. The van der Waals surface area contributed by atoms with Crippen LogP contribution in [0.5, 0.6) is 0 Å². The Balaban J connectivity index is 1.03. The van der Waals surface area contributed by atoms with Gasteiger partial charge in [0.2, 0.25) is 0 Å². The fraction of sp³-hybridized carbons (Fsp3) is 0.0545. The van der Waals surface area contributed by atoms with Crippen molar-refractivity contribution in [3.05, 3.63) is 211 Å². The number of nitrogens with zero attached hydrogens (tertiary/aromatic N) is 1. The summed E-state index contributed by atoms with van der Waals surface area (Å²) >= 11 is 0. The van der Waals surface area contributed by atoms with Gasteiger partial charge in [0.1, 0.15) is 11.2 Å². The quantitative estimate of drug-likeness (QED) is 0.169. The fourth-order valence-corrected chi connectivity index (χ4v) is 9.26. The average molecular weight is 730 g/mol. The van der Waals surface area contributed by atoms with E-state index in [2.05, 4.69) is 207 Å². The summed E-state index contributed by atoms with van der Waals surface area (Å²) in [5, 5.41) is 4.79. The minimum absolute atomic E-state index is 0.113. The first-order valence-corrected chi connectivity index (χ1v) is 19.8. The van der Waals surface area contributed by atoms with Gasteiger partial charge >= 0.3 is 0 Å². The smallest absolute Gasteiger partial charge is 0.143 e. The van der Waals surface area contributed by atoms with E-state index in [9.17, 15) is 0 Å². The lowest BCUT2D eigenvalue weighted by molar-refractivity contribution is 0.660. The lowest BCUT2D eigenvalue weighted by atomic mass is 9.82. The normalized spacial score (nSPS) is 12.9. The van der Waals surface area contributed by atoms with E-state index < -0.39 is 0 Å². The number of fused-ring (bicyclic) bond motifs is 7. The number of hydrogen-bond acceptors (Lipinski definition) is 2. The van der Waals surface area contributed by atoms with Gasteiger partial charge in [-0.15, -0.1) is 0 Å². The van der Waals surface area contributed by atoms with Gasteiger partial charge in [-0.1, -0.05) is 172 Å². The van der Waals surface area contributed by atoms with Crippen molar-refractivity contribution in [3.8, 4) is 44.5 Å². The lowest BCUT2D eigenvalue weighted by Gasteiger charge is -2.28. The molecule has 1 heterocycles. The Kier molecular flexibility index (Phi) is 7.55. The fourth-order valence-electron chi connectivity index (χ4n) is 9.26. The van der Waals surface area contributed by atoms with Crippen LogP contribution in [0.1, 0.15) is 25.0 Å². The molecule has 0 spiro atoms. The third kappa shape index (κ3) is 5.33. The van der Waals surface area contributed by atoms with Gasteiger partial charge in [-0.25, -0.2) is 0 Å². The van der Waals surface area contributed by atoms with E-state index in [1.807, 2.05) is 12.1 Å². The molecule has 11 rings (SSSR count). The molecule has 57 heavy (non-hydrogen) atoms. The minimum atomic E-state index is -0.113. The van der Waals surface area contributed by atoms with Crippen LogP contribution in [0, 0.1) is 0 Å². The van der Waals surface area contributed by atoms with Crippen molar-refractivity contribution >= 4 is 49.8 Å². The molecule has 0 saturated carbocycles. The molecule has 1 aliphatic carbocycles. The van der Waals surface area contributed by atoms with Gasteiger partial charge in [-0.3, -0.25) is 0 Å². The predicted molar refractivity (Wildman–Crippen MR) is 240 cm³/mol. The molecule has 0 N–H and O–H groups in total. The maximum atomic E-state index is 6.44. The SMILES string of the molecule is CC1(C)c2ccccc2-c2ccc(N(c3ccc(-c4ccccc4-c4cccc5ccccc45)cc3)c3ccc(-c4cccc5c4oc4ccccc45)cc3)cc21. The highest BCUT2D eigenvalue weighted by atomic mass is 16.3. The van der Waals surface area contributed by atoms with Crippen LogP contribution in [-0.4, -0.2) is 0 Å². The first kappa shape index (κ1) is 33.2. The largest absolute Gasteiger partial charge is 0.455 e. The van der Waals surface area contributed by atoms with E-state index in [1.54, 1.807) is 0 Å². The Morgan fingerprint density at radius 1 is 0.368 bits per heavy atom. The van der Waals surface area contributed by atoms with Crippen molar-refractivity contribution in [1.82, 2.24) is 0 Å². The standard InChI is InChI=1S/C55H39NO/c1-55(2)51-23-9-7-18-47(51)48-34-33-41(35-52(48)55)56(40-31-27-38(28-32-40)44-20-12-22-50-49-19-8-10-24-53(49)57-54(44)50)39-29-25-37(26-30-39)43-16-5-6-17-45(43)46-21-11-14-36-13-3-4-15-42(36)46/h3-35H,1-2H3. The molecule has 10 aromatic rings. The number of anilines is 3. The van der Waals surface area contributed by atoms with E-state index in [1.165, 1.54) is 55.3 Å². The second kappa shape index (κ2) is 13.0. The Morgan fingerprint density at radius 3 is 1.68 bits per heavy atom. The number of rotatable bonds is 6. The summed E-state index contributed by atoms with van der Waals surface area (Å²) in [6, 6.07) is 72.6. The van der Waals surface area contributed by atoms with E-state index in [-0.39, 0.29) is 5.41 Å². The molecule has 0 amide bonds. The van der Waals surface area contributed by atoms with Crippen molar-refractivity contribution in [2.24, 2.45) is 0 Å². The summed E-state index contributed by atoms with van der Waals surface area (Å²) in [6.45, 7) is 4.70. The Bertz CT molecular complexity index is 3140. The van der Waals surface area contributed by atoms with Crippen LogP contribution in [0.4, 0.5) is 17.1 Å². The molecule has 2 nitrogen and oxygen atoms in total. The Morgan fingerprint density at radius 2 is 0.895 bits per heavy atom. The van der Waals surface area contributed by atoms with Crippen molar-refractivity contribution in [2.45, 2.75) is 19.3 Å². The van der Waals surface area contributed by atoms with Crippen molar-refractivity contribution < 1.29 is 4.42 Å². The van der Waals surface area contributed by atoms with E-state index in [4.69, 9.17) is 4.42 Å². The first-order valence-electron chi connectivity index (χ1n) is 19.8. The highest BCUT2D eigenvalue weighted by Gasteiger charge is 2.35. The molecule has 0 saturated heterocycles. The molecule has 1 aromatic heterocycles. The Labute approximate surface area is 332 Å². The number of benzene rings is 9. The molecule has 0 aliphatic heterocycles. The van der Waals surface area contributed by atoms with E-state index >= 15 is 0 Å². The number of para-hydroxylation sites is 2. The minimum Gasteiger partial charge on any atom is -0.455 e. The second-order valence-electron chi connectivity index (χ2n) is 15.7. The molecule has 1 aliphatic rings. The molecule has 0 unspecified atom stereocenters. The first-order chi connectivity index (χ1) is 28.0. The van der Waals surface area contributed by atoms with Crippen molar-refractivity contribution in [2.75, 3.05) is 4.90 Å². The predicted octanol–water partition coefficient (Wildman–Crippen LogP) is 15.5. The molecule has 0 radical (unpaired) electrons. The van der Waals surface area contributed by atoms with Crippen LogP contribution in [0.3, 0.4) is 0 Å². The van der Waals surface area contributed by atoms with Crippen LogP contribution in [0.2, 0.25) is 0 Å². The molecule has 2 heteroatoms. The number of hydrogen-bond donors (Lipinski definition) is 0. The second-order valence-corrected chi connectivity index (χ2v) is 15.7. The lowest BCUT2D eigenvalue weighted by Crippen LogP contribution is -2.16. The van der Waals surface area contributed by atoms with Crippen molar-refractivity contribution in [3.63, 3.8) is 0 Å². The third-order valence-electron chi connectivity index (χ3n) is 12.1. The topological polar surface area (TPSA) is 16.4 Å². The van der Waals surface area contributed by atoms with Crippen LogP contribution in [0.15, 0.2) is 205 Å². The van der Waals surface area contributed by atoms with Crippen LogP contribution in [0.25, 0.3) is 77.2 Å². The summed E-state index contributed by atoms with van der Waals surface area (Å²) < 4.78 is 6.44. The highest BCUT2D eigenvalue weighted by molar-refractivity contribution is 6.09. The van der Waals surface area contributed by atoms with Crippen LogP contribution >= 0.6 is 0 Å². The third-order valence-corrected chi connectivity index (χ3v) is 12.1. The summed E-state index contributed by atoms with van der Waals surface area (Å²) in [6.07, 6.45) is 0. The summed E-state index contributed by atoms with van der Waals surface area (Å²) in [5.74, 6) is 0. The molecular weight excluding hydrogens is 691 g/mol. The monoisotopic (exact) mass is 729 g/mol. The maximum Gasteiger partial charge on any atom is 0.143 e. The number of furan rings is 1. The van der Waals surface area contributed by atoms with Crippen LogP contribution < -0.4 is 4.90 Å². The zero-order chi connectivity index (χ0) is 38.1. The molecule has 0 fully saturated rings. The maximum absolute atomic E-state index is 6.44.